The number of rotatable bonds is 9. The number of nitrogens with zero attached hydrogens (tertiary/aromatic N) is 3. The number of allylic oxidation sites excluding steroid dienone is 1. The molecular formula is C21H31N3O2S2. The SMILES string of the molecule is C=CCn1c(SCC(O)CN(CC)CC)nc2sc3c(c2c1=O)CCCCC3. The summed E-state index contributed by atoms with van der Waals surface area (Å²) in [7, 11) is 0. The molecule has 3 rings (SSSR count). The second kappa shape index (κ2) is 10.1. The minimum Gasteiger partial charge on any atom is -0.391 e. The van der Waals surface area contributed by atoms with Gasteiger partial charge in [-0.05, 0) is 44.3 Å². The van der Waals surface area contributed by atoms with Gasteiger partial charge in [-0.3, -0.25) is 9.36 Å². The van der Waals surface area contributed by atoms with Gasteiger partial charge in [0.05, 0.1) is 11.5 Å². The van der Waals surface area contributed by atoms with Crippen molar-refractivity contribution < 1.29 is 5.11 Å². The van der Waals surface area contributed by atoms with Crippen LogP contribution < -0.4 is 5.56 Å². The molecule has 1 atom stereocenters. The molecule has 28 heavy (non-hydrogen) atoms. The van der Waals surface area contributed by atoms with Crippen LogP contribution >= 0.6 is 23.1 Å². The molecule has 2 aromatic rings. The summed E-state index contributed by atoms with van der Waals surface area (Å²) in [4.78, 5) is 22.6. The molecule has 2 heterocycles. The zero-order valence-electron chi connectivity index (χ0n) is 16.9. The van der Waals surface area contributed by atoms with Gasteiger partial charge in [-0.1, -0.05) is 38.1 Å². The van der Waals surface area contributed by atoms with E-state index in [0.717, 1.165) is 42.6 Å². The second-order valence-corrected chi connectivity index (χ2v) is 9.36. The summed E-state index contributed by atoms with van der Waals surface area (Å²) in [6.07, 6.45) is 6.91. The van der Waals surface area contributed by atoms with Gasteiger partial charge in [0.25, 0.3) is 5.56 Å². The van der Waals surface area contributed by atoms with Gasteiger partial charge >= 0.3 is 0 Å². The van der Waals surface area contributed by atoms with Crippen LogP contribution in [0.15, 0.2) is 22.6 Å². The Kier molecular flexibility index (Phi) is 7.74. The van der Waals surface area contributed by atoms with Crippen LogP contribution in [0.2, 0.25) is 0 Å². The third-order valence-corrected chi connectivity index (χ3v) is 7.68. The minimum absolute atomic E-state index is 0.0463. The van der Waals surface area contributed by atoms with Gasteiger partial charge < -0.3 is 10.0 Å². The molecule has 1 unspecified atom stereocenters. The van der Waals surface area contributed by atoms with E-state index in [1.807, 2.05) is 0 Å². The molecule has 1 aliphatic rings. The molecule has 0 aliphatic heterocycles. The van der Waals surface area contributed by atoms with Gasteiger partial charge in [-0.15, -0.1) is 17.9 Å². The Labute approximate surface area is 175 Å². The number of aliphatic hydroxyl groups excluding tert-OH is 1. The van der Waals surface area contributed by atoms with Crippen LogP contribution in [0.25, 0.3) is 10.2 Å². The molecule has 0 radical (unpaired) electrons. The van der Waals surface area contributed by atoms with Gasteiger partial charge in [-0.2, -0.15) is 0 Å². The van der Waals surface area contributed by atoms with Crippen molar-refractivity contribution in [2.45, 2.75) is 63.8 Å². The van der Waals surface area contributed by atoms with Gasteiger partial charge in [0.15, 0.2) is 5.16 Å². The predicted octanol–water partition coefficient (Wildman–Crippen LogP) is 3.71. The fraction of sp³-hybridized carbons (Fsp3) is 0.619. The van der Waals surface area contributed by atoms with E-state index in [-0.39, 0.29) is 5.56 Å². The van der Waals surface area contributed by atoms with Crippen molar-refractivity contribution in [3.8, 4) is 0 Å². The standard InChI is InChI=1S/C21H31N3O2S2/c1-4-12-24-20(26)18-16-10-8-7-9-11-17(16)28-19(18)22-21(24)27-14-15(25)13-23(5-2)6-3/h4,15,25H,1,5-14H2,2-3H3. The maximum Gasteiger partial charge on any atom is 0.263 e. The Balaban J connectivity index is 1.90. The molecule has 0 spiro atoms. The highest BCUT2D eigenvalue weighted by atomic mass is 32.2. The summed E-state index contributed by atoms with van der Waals surface area (Å²) in [5.74, 6) is 0.524. The van der Waals surface area contributed by atoms with E-state index in [1.54, 1.807) is 22.0 Å². The maximum atomic E-state index is 13.3. The van der Waals surface area contributed by atoms with Gasteiger partial charge in [-0.25, -0.2) is 4.98 Å². The second-order valence-electron chi connectivity index (χ2n) is 7.29. The summed E-state index contributed by atoms with van der Waals surface area (Å²) in [6, 6.07) is 0. The van der Waals surface area contributed by atoms with Crippen molar-refractivity contribution in [2.24, 2.45) is 0 Å². The minimum atomic E-state index is -0.449. The molecule has 1 N–H and O–H groups in total. The van der Waals surface area contributed by atoms with Crippen LogP contribution in [0, 0.1) is 0 Å². The topological polar surface area (TPSA) is 58.4 Å². The third-order valence-electron chi connectivity index (χ3n) is 5.37. The number of thiophene rings is 1. The average Bonchev–Trinajstić information content (AvgIpc) is 2.88. The van der Waals surface area contributed by atoms with Crippen LogP contribution in [0.1, 0.15) is 43.6 Å². The first-order valence-corrected chi connectivity index (χ1v) is 12.1. The maximum absolute atomic E-state index is 13.3. The molecule has 0 bridgehead atoms. The molecule has 1 aliphatic carbocycles. The predicted molar refractivity (Wildman–Crippen MR) is 120 cm³/mol. The normalized spacial score (nSPS) is 15.6. The highest BCUT2D eigenvalue weighted by Crippen LogP contribution is 2.34. The number of aliphatic hydroxyl groups is 1. The number of aryl methyl sites for hydroxylation is 2. The number of hydrogen-bond donors (Lipinski definition) is 1. The number of fused-ring (bicyclic) bond motifs is 3. The fourth-order valence-corrected chi connectivity index (χ4v) is 6.03. The number of aromatic nitrogens is 2. The Hall–Kier alpha value is -1.15. The van der Waals surface area contributed by atoms with Crippen LogP contribution in [0.4, 0.5) is 0 Å². The molecule has 0 saturated carbocycles. The smallest absolute Gasteiger partial charge is 0.263 e. The fourth-order valence-electron chi connectivity index (χ4n) is 3.80. The molecular weight excluding hydrogens is 390 g/mol. The molecule has 0 aromatic carbocycles. The highest BCUT2D eigenvalue weighted by Gasteiger charge is 2.21. The van der Waals surface area contributed by atoms with Gasteiger partial charge in [0.2, 0.25) is 0 Å². The lowest BCUT2D eigenvalue weighted by Crippen LogP contribution is -2.33. The molecule has 7 heteroatoms. The van der Waals surface area contributed by atoms with Crippen LogP contribution in [0.3, 0.4) is 0 Å². The Morgan fingerprint density at radius 3 is 2.79 bits per heavy atom. The number of likely N-dealkylation sites (N-methyl/N-ethyl adjacent to an activating group) is 1. The zero-order chi connectivity index (χ0) is 20.1. The largest absolute Gasteiger partial charge is 0.391 e. The molecule has 2 aromatic heterocycles. The molecule has 0 saturated heterocycles. The van der Waals surface area contributed by atoms with Crippen molar-refractivity contribution in [2.75, 3.05) is 25.4 Å². The van der Waals surface area contributed by atoms with E-state index >= 15 is 0 Å². The lowest BCUT2D eigenvalue weighted by atomic mass is 10.1. The summed E-state index contributed by atoms with van der Waals surface area (Å²) in [6.45, 7) is 10.9. The highest BCUT2D eigenvalue weighted by molar-refractivity contribution is 7.99. The first-order valence-electron chi connectivity index (χ1n) is 10.3. The molecule has 0 fully saturated rings. The molecule has 154 valence electrons. The summed E-state index contributed by atoms with van der Waals surface area (Å²) >= 11 is 3.16. The average molecular weight is 422 g/mol. The van der Waals surface area contributed by atoms with Gasteiger partial charge in [0.1, 0.15) is 4.83 Å². The van der Waals surface area contributed by atoms with E-state index in [1.165, 1.54) is 35.0 Å². The number of thioether (sulfide) groups is 1. The van der Waals surface area contributed by atoms with E-state index in [2.05, 4.69) is 25.3 Å². The third kappa shape index (κ3) is 4.70. The van der Waals surface area contributed by atoms with E-state index in [0.29, 0.717) is 24.0 Å². The number of hydrogen-bond acceptors (Lipinski definition) is 6. The zero-order valence-corrected chi connectivity index (χ0v) is 18.6. The lowest BCUT2D eigenvalue weighted by Gasteiger charge is -2.21. The van der Waals surface area contributed by atoms with Crippen LogP contribution in [0.5, 0.6) is 0 Å². The Morgan fingerprint density at radius 1 is 1.32 bits per heavy atom. The van der Waals surface area contributed by atoms with E-state index in [4.69, 9.17) is 4.98 Å². The van der Waals surface area contributed by atoms with Crippen molar-refractivity contribution in [1.29, 1.82) is 0 Å². The van der Waals surface area contributed by atoms with Crippen molar-refractivity contribution in [3.05, 3.63) is 33.4 Å². The van der Waals surface area contributed by atoms with Gasteiger partial charge in [0, 0.05) is 23.7 Å². The Morgan fingerprint density at radius 2 is 2.07 bits per heavy atom. The summed E-state index contributed by atoms with van der Waals surface area (Å²) in [5.41, 5.74) is 1.27. The summed E-state index contributed by atoms with van der Waals surface area (Å²) in [5, 5.41) is 11.9. The van der Waals surface area contributed by atoms with E-state index in [9.17, 15) is 9.90 Å². The first kappa shape index (κ1) is 21.6. The van der Waals surface area contributed by atoms with Crippen molar-refractivity contribution >= 4 is 33.3 Å². The van der Waals surface area contributed by atoms with Crippen LogP contribution in [-0.4, -0.2) is 51.0 Å². The van der Waals surface area contributed by atoms with E-state index < -0.39 is 6.10 Å². The molecule has 0 amide bonds. The quantitative estimate of drug-likeness (QED) is 0.289. The monoisotopic (exact) mass is 421 g/mol. The first-order chi connectivity index (χ1) is 13.6. The molecule has 5 nitrogen and oxygen atoms in total. The van der Waals surface area contributed by atoms with Crippen molar-refractivity contribution in [1.82, 2.24) is 14.5 Å². The van der Waals surface area contributed by atoms with Crippen molar-refractivity contribution in [3.63, 3.8) is 0 Å². The Bertz CT molecular complexity index is 871. The lowest BCUT2D eigenvalue weighted by molar-refractivity contribution is 0.136. The summed E-state index contributed by atoms with van der Waals surface area (Å²) < 4.78 is 1.72. The van der Waals surface area contributed by atoms with Crippen LogP contribution in [-0.2, 0) is 19.4 Å².